The molecule has 0 spiro atoms. The molecular weight excluding hydrogens is 156 g/mol. The molecule has 0 saturated heterocycles. The summed E-state index contributed by atoms with van der Waals surface area (Å²) in [5.74, 6) is 2.98. The second-order valence-corrected chi connectivity index (χ2v) is 5.04. The second-order valence-electron chi connectivity index (χ2n) is 5.04. The van der Waals surface area contributed by atoms with Crippen LogP contribution in [0, 0.1) is 17.8 Å². The predicted octanol–water partition coefficient (Wildman–Crippen LogP) is 4.17. The van der Waals surface area contributed by atoms with Gasteiger partial charge in [-0.2, -0.15) is 0 Å². The first kappa shape index (κ1) is 9.30. The van der Waals surface area contributed by atoms with Gasteiger partial charge in [-0.1, -0.05) is 31.9 Å². The van der Waals surface area contributed by atoms with E-state index in [-0.39, 0.29) is 0 Å². The summed E-state index contributed by atoms with van der Waals surface area (Å²) in [6, 6.07) is 0. The summed E-state index contributed by atoms with van der Waals surface area (Å²) in [6.07, 6.45) is 15.1. The Labute approximate surface area is 82.4 Å². The van der Waals surface area contributed by atoms with E-state index in [2.05, 4.69) is 19.1 Å². The third kappa shape index (κ3) is 2.36. The maximum Gasteiger partial charge on any atom is -0.0205 e. The van der Waals surface area contributed by atoms with Crippen LogP contribution in [0.25, 0.3) is 0 Å². The molecule has 0 amide bonds. The monoisotopic (exact) mass is 178 g/mol. The van der Waals surface area contributed by atoms with Crippen LogP contribution >= 0.6 is 0 Å². The molecule has 1 fully saturated rings. The van der Waals surface area contributed by atoms with Crippen molar-refractivity contribution in [3.63, 3.8) is 0 Å². The summed E-state index contributed by atoms with van der Waals surface area (Å²) in [5, 5.41) is 0. The Bertz CT molecular complexity index is 172. The molecule has 13 heavy (non-hydrogen) atoms. The van der Waals surface area contributed by atoms with E-state index in [1.807, 2.05) is 0 Å². The van der Waals surface area contributed by atoms with Gasteiger partial charge in [-0.25, -0.2) is 0 Å². The zero-order valence-electron chi connectivity index (χ0n) is 8.84. The van der Waals surface area contributed by atoms with E-state index in [9.17, 15) is 0 Å². The Hall–Kier alpha value is -0.260. The predicted molar refractivity (Wildman–Crippen MR) is 57.6 cm³/mol. The van der Waals surface area contributed by atoms with Crippen LogP contribution in [-0.4, -0.2) is 0 Å². The largest absolute Gasteiger partial charge is 0.0882 e. The highest BCUT2D eigenvalue weighted by atomic mass is 14.3. The maximum absolute atomic E-state index is 2.50. The maximum atomic E-state index is 2.50. The van der Waals surface area contributed by atoms with E-state index in [1.165, 1.54) is 44.9 Å². The Morgan fingerprint density at radius 3 is 2.38 bits per heavy atom. The molecule has 0 aromatic carbocycles. The van der Waals surface area contributed by atoms with Gasteiger partial charge in [0.15, 0.2) is 0 Å². The van der Waals surface area contributed by atoms with Crippen LogP contribution in [0.5, 0.6) is 0 Å². The number of rotatable bonds is 1. The number of allylic oxidation sites excluding steroid dienone is 2. The molecule has 0 nitrogen and oxygen atoms in total. The molecule has 1 saturated carbocycles. The van der Waals surface area contributed by atoms with E-state index in [0.717, 1.165) is 17.8 Å². The average molecular weight is 178 g/mol. The van der Waals surface area contributed by atoms with Gasteiger partial charge in [0, 0.05) is 0 Å². The van der Waals surface area contributed by atoms with Crippen LogP contribution in [0.15, 0.2) is 12.2 Å². The quantitative estimate of drug-likeness (QED) is 0.529. The smallest absolute Gasteiger partial charge is 0.0205 e. The molecule has 1 unspecified atom stereocenters. The van der Waals surface area contributed by atoms with Gasteiger partial charge in [-0.15, -0.1) is 0 Å². The highest BCUT2D eigenvalue weighted by Gasteiger charge is 2.24. The third-order valence-electron chi connectivity index (χ3n) is 3.96. The van der Waals surface area contributed by atoms with Crippen LogP contribution < -0.4 is 0 Å². The van der Waals surface area contributed by atoms with Crippen molar-refractivity contribution in [1.29, 1.82) is 0 Å². The molecule has 0 radical (unpaired) electrons. The summed E-state index contributed by atoms with van der Waals surface area (Å²) in [4.78, 5) is 0. The minimum atomic E-state index is 0.946. The van der Waals surface area contributed by atoms with E-state index in [1.54, 1.807) is 0 Å². The lowest BCUT2D eigenvalue weighted by molar-refractivity contribution is 0.227. The Morgan fingerprint density at radius 1 is 1.00 bits per heavy atom. The van der Waals surface area contributed by atoms with E-state index in [0.29, 0.717) is 0 Å². The highest BCUT2D eigenvalue weighted by molar-refractivity contribution is 4.96. The Kier molecular flexibility index (Phi) is 3.08. The average Bonchev–Trinajstić information content (AvgIpc) is 2.20. The fourth-order valence-corrected chi connectivity index (χ4v) is 2.95. The number of hydrogen-bond donors (Lipinski definition) is 0. The van der Waals surface area contributed by atoms with Gasteiger partial charge in [-0.3, -0.25) is 0 Å². The fourth-order valence-electron chi connectivity index (χ4n) is 2.95. The first-order chi connectivity index (χ1) is 6.36. The molecule has 0 heterocycles. The molecule has 0 heteroatoms. The van der Waals surface area contributed by atoms with Crippen molar-refractivity contribution >= 4 is 0 Å². The lowest BCUT2D eigenvalue weighted by Gasteiger charge is -2.32. The molecular formula is C13H22. The summed E-state index contributed by atoms with van der Waals surface area (Å²) in [5.41, 5.74) is 0. The third-order valence-corrected chi connectivity index (χ3v) is 3.96. The molecule has 0 aromatic heterocycles. The van der Waals surface area contributed by atoms with Gasteiger partial charge in [-0.05, 0) is 49.9 Å². The second kappa shape index (κ2) is 4.30. The number of hydrogen-bond acceptors (Lipinski definition) is 0. The Morgan fingerprint density at radius 2 is 1.77 bits per heavy atom. The summed E-state index contributed by atoms with van der Waals surface area (Å²) in [7, 11) is 0. The molecule has 0 aromatic rings. The SMILES string of the molecule is CC1CCC(C2C=CCCC2)CC1. The highest BCUT2D eigenvalue weighted by Crippen LogP contribution is 2.37. The lowest BCUT2D eigenvalue weighted by Crippen LogP contribution is -2.20. The normalized spacial score (nSPS) is 40.5. The molecule has 2 aliphatic carbocycles. The van der Waals surface area contributed by atoms with Crippen molar-refractivity contribution in [3.8, 4) is 0 Å². The summed E-state index contributed by atoms with van der Waals surface area (Å²) in [6.45, 7) is 2.41. The molecule has 2 rings (SSSR count). The van der Waals surface area contributed by atoms with Crippen molar-refractivity contribution in [2.45, 2.75) is 51.9 Å². The minimum Gasteiger partial charge on any atom is -0.0882 e. The van der Waals surface area contributed by atoms with Crippen LogP contribution in [0.4, 0.5) is 0 Å². The fraction of sp³-hybridized carbons (Fsp3) is 0.846. The van der Waals surface area contributed by atoms with Crippen LogP contribution in [0.2, 0.25) is 0 Å². The Balaban J connectivity index is 1.86. The molecule has 74 valence electrons. The van der Waals surface area contributed by atoms with Gasteiger partial charge in [0.1, 0.15) is 0 Å². The topological polar surface area (TPSA) is 0 Å². The minimum absolute atomic E-state index is 0.946. The summed E-state index contributed by atoms with van der Waals surface area (Å²) >= 11 is 0. The van der Waals surface area contributed by atoms with Crippen LogP contribution in [0.1, 0.15) is 51.9 Å². The first-order valence-electron chi connectivity index (χ1n) is 6.03. The van der Waals surface area contributed by atoms with E-state index in [4.69, 9.17) is 0 Å². The molecule has 0 bridgehead atoms. The van der Waals surface area contributed by atoms with Crippen molar-refractivity contribution in [1.82, 2.24) is 0 Å². The molecule has 2 aliphatic rings. The van der Waals surface area contributed by atoms with Crippen molar-refractivity contribution in [3.05, 3.63) is 12.2 Å². The zero-order chi connectivity index (χ0) is 9.10. The van der Waals surface area contributed by atoms with Gasteiger partial charge in [0.2, 0.25) is 0 Å². The van der Waals surface area contributed by atoms with Crippen LogP contribution in [0.3, 0.4) is 0 Å². The van der Waals surface area contributed by atoms with E-state index < -0.39 is 0 Å². The van der Waals surface area contributed by atoms with Gasteiger partial charge in [0.25, 0.3) is 0 Å². The zero-order valence-corrected chi connectivity index (χ0v) is 8.84. The first-order valence-corrected chi connectivity index (χ1v) is 6.03. The van der Waals surface area contributed by atoms with Crippen LogP contribution in [-0.2, 0) is 0 Å². The standard InChI is InChI=1S/C13H22/c1-11-7-9-13(10-8-11)12-5-3-2-4-6-12/h3,5,11-13H,2,4,6-10H2,1H3. The van der Waals surface area contributed by atoms with Crippen molar-refractivity contribution in [2.24, 2.45) is 17.8 Å². The van der Waals surface area contributed by atoms with Gasteiger partial charge < -0.3 is 0 Å². The van der Waals surface area contributed by atoms with Crippen molar-refractivity contribution in [2.75, 3.05) is 0 Å². The van der Waals surface area contributed by atoms with Gasteiger partial charge >= 0.3 is 0 Å². The van der Waals surface area contributed by atoms with Crippen molar-refractivity contribution < 1.29 is 0 Å². The summed E-state index contributed by atoms with van der Waals surface area (Å²) < 4.78 is 0. The molecule has 0 aliphatic heterocycles. The van der Waals surface area contributed by atoms with Gasteiger partial charge in [0.05, 0.1) is 0 Å². The molecule has 1 atom stereocenters. The molecule has 0 N–H and O–H groups in total. The lowest BCUT2D eigenvalue weighted by atomic mass is 9.73. The van der Waals surface area contributed by atoms with E-state index >= 15 is 0 Å².